The second-order valence-electron chi connectivity index (χ2n) is 6.68. The van der Waals surface area contributed by atoms with E-state index in [4.69, 9.17) is 0 Å². The molecule has 1 saturated heterocycles. The molecule has 24 heavy (non-hydrogen) atoms. The molecule has 0 aromatic carbocycles. The molecule has 0 saturated carbocycles. The summed E-state index contributed by atoms with van der Waals surface area (Å²) < 4.78 is 1.63. The number of hydrogen-bond acceptors (Lipinski definition) is 4. The van der Waals surface area contributed by atoms with Gasteiger partial charge in [0.15, 0.2) is 5.78 Å². The van der Waals surface area contributed by atoms with Gasteiger partial charge in [-0.3, -0.25) is 14.3 Å². The summed E-state index contributed by atoms with van der Waals surface area (Å²) in [5, 5.41) is 4.07. The van der Waals surface area contributed by atoms with Gasteiger partial charge < -0.3 is 4.90 Å². The molecular formula is C18H21N3O2S. The summed E-state index contributed by atoms with van der Waals surface area (Å²) in [5.74, 6) is 0.288. The number of nitrogens with zero attached hydrogens (tertiary/aromatic N) is 3. The molecule has 0 bridgehead atoms. The Kier molecular flexibility index (Phi) is 4.00. The Labute approximate surface area is 145 Å². The minimum Gasteiger partial charge on any atom is -0.338 e. The molecule has 6 heteroatoms. The van der Waals surface area contributed by atoms with E-state index < -0.39 is 0 Å². The fourth-order valence-corrected chi connectivity index (χ4v) is 4.98. The Bertz CT molecular complexity index is 763. The zero-order valence-electron chi connectivity index (χ0n) is 13.8. The van der Waals surface area contributed by atoms with E-state index in [0.29, 0.717) is 18.8 Å². The molecule has 0 radical (unpaired) electrons. The van der Waals surface area contributed by atoms with Crippen molar-refractivity contribution < 1.29 is 9.59 Å². The number of aromatic nitrogens is 2. The Morgan fingerprint density at radius 2 is 2.04 bits per heavy atom. The van der Waals surface area contributed by atoms with Gasteiger partial charge in [-0.2, -0.15) is 5.10 Å². The molecule has 2 aliphatic rings. The summed E-state index contributed by atoms with van der Waals surface area (Å²) in [6, 6.07) is 3.86. The zero-order valence-corrected chi connectivity index (χ0v) is 14.6. The first-order valence-corrected chi connectivity index (χ1v) is 9.38. The van der Waals surface area contributed by atoms with Gasteiger partial charge in [0, 0.05) is 37.1 Å². The van der Waals surface area contributed by atoms with Crippen molar-refractivity contribution in [3.8, 4) is 0 Å². The number of thiophene rings is 1. The first kappa shape index (κ1) is 15.6. The van der Waals surface area contributed by atoms with E-state index in [1.54, 1.807) is 35.3 Å². The second kappa shape index (κ2) is 6.16. The third kappa shape index (κ3) is 2.69. The Hall–Kier alpha value is -1.95. The highest BCUT2D eigenvalue weighted by Crippen LogP contribution is 2.32. The molecule has 2 aromatic rings. The number of rotatable bonds is 3. The van der Waals surface area contributed by atoms with Gasteiger partial charge in [-0.05, 0) is 49.8 Å². The summed E-state index contributed by atoms with van der Waals surface area (Å²) in [4.78, 5) is 29.4. The number of carbonyl (C=O) groups is 2. The Balaban J connectivity index is 1.39. The topological polar surface area (TPSA) is 55.2 Å². The SMILES string of the molecule is Cn1nccc1C(=O)C1CCN(C(=O)c2cc3c(s2)CCC3)CC1. The van der Waals surface area contributed by atoms with E-state index in [2.05, 4.69) is 11.2 Å². The van der Waals surface area contributed by atoms with E-state index in [1.165, 1.54) is 16.9 Å². The number of amides is 1. The lowest BCUT2D eigenvalue weighted by molar-refractivity contribution is 0.0651. The number of ketones is 1. The highest BCUT2D eigenvalue weighted by molar-refractivity contribution is 7.14. The second-order valence-corrected chi connectivity index (χ2v) is 7.82. The van der Waals surface area contributed by atoms with Crippen LogP contribution in [0.4, 0.5) is 0 Å². The fraction of sp³-hybridized carbons (Fsp3) is 0.500. The van der Waals surface area contributed by atoms with Gasteiger partial charge in [-0.15, -0.1) is 11.3 Å². The van der Waals surface area contributed by atoms with E-state index in [0.717, 1.165) is 30.6 Å². The summed E-state index contributed by atoms with van der Waals surface area (Å²) in [5.41, 5.74) is 2.03. The summed E-state index contributed by atoms with van der Waals surface area (Å²) in [6.45, 7) is 1.32. The minimum atomic E-state index is -0.00205. The maximum atomic E-state index is 12.7. The molecule has 5 nitrogen and oxygen atoms in total. The van der Waals surface area contributed by atoms with Crippen LogP contribution in [0, 0.1) is 5.92 Å². The molecule has 2 aromatic heterocycles. The molecule has 0 atom stereocenters. The van der Waals surface area contributed by atoms with Gasteiger partial charge in [0.2, 0.25) is 0 Å². The van der Waals surface area contributed by atoms with Crippen LogP contribution in [0.1, 0.15) is 49.9 Å². The minimum absolute atomic E-state index is 0.00205. The molecule has 0 N–H and O–H groups in total. The molecule has 1 aliphatic heterocycles. The van der Waals surface area contributed by atoms with Crippen molar-refractivity contribution in [3.63, 3.8) is 0 Å². The maximum absolute atomic E-state index is 12.7. The lowest BCUT2D eigenvalue weighted by Gasteiger charge is -2.31. The largest absolute Gasteiger partial charge is 0.338 e. The van der Waals surface area contributed by atoms with Crippen LogP contribution in [0.3, 0.4) is 0 Å². The molecule has 4 rings (SSSR count). The van der Waals surface area contributed by atoms with Crippen LogP contribution in [0.2, 0.25) is 0 Å². The van der Waals surface area contributed by atoms with Crippen molar-refractivity contribution in [2.24, 2.45) is 13.0 Å². The van der Waals surface area contributed by atoms with Crippen LogP contribution in [0.5, 0.6) is 0 Å². The predicted octanol–water partition coefficient (Wildman–Crippen LogP) is 2.71. The van der Waals surface area contributed by atoms with Crippen molar-refractivity contribution >= 4 is 23.0 Å². The van der Waals surface area contributed by atoms with Crippen LogP contribution >= 0.6 is 11.3 Å². The maximum Gasteiger partial charge on any atom is 0.263 e. The van der Waals surface area contributed by atoms with Crippen molar-refractivity contribution in [2.75, 3.05) is 13.1 Å². The number of piperidine rings is 1. The van der Waals surface area contributed by atoms with E-state index in [9.17, 15) is 9.59 Å². The average Bonchev–Trinajstić information content (AvgIpc) is 3.29. The van der Waals surface area contributed by atoms with Gasteiger partial charge in [-0.25, -0.2) is 0 Å². The van der Waals surface area contributed by atoms with Crippen LogP contribution in [-0.2, 0) is 19.9 Å². The number of likely N-dealkylation sites (tertiary alicyclic amines) is 1. The first-order chi connectivity index (χ1) is 11.6. The van der Waals surface area contributed by atoms with Gasteiger partial charge >= 0.3 is 0 Å². The lowest BCUT2D eigenvalue weighted by atomic mass is 9.91. The number of hydrogen-bond donors (Lipinski definition) is 0. The van der Waals surface area contributed by atoms with Gasteiger partial charge in [0.1, 0.15) is 5.69 Å². The standard InChI is InChI=1S/C18H21N3O2S/c1-20-14(5-8-19-20)17(22)12-6-9-21(10-7-12)18(23)16-11-13-3-2-4-15(13)24-16/h5,8,11-12H,2-4,6-7,9-10H2,1H3. The Morgan fingerprint density at radius 3 is 2.71 bits per heavy atom. The number of Topliss-reactive ketones (excluding diaryl/α,β-unsaturated/α-hetero) is 1. The average molecular weight is 343 g/mol. The number of fused-ring (bicyclic) bond motifs is 1. The zero-order chi connectivity index (χ0) is 16.7. The van der Waals surface area contributed by atoms with E-state index in [-0.39, 0.29) is 17.6 Å². The summed E-state index contributed by atoms with van der Waals surface area (Å²) >= 11 is 1.66. The number of aryl methyl sites for hydroxylation is 3. The van der Waals surface area contributed by atoms with Gasteiger partial charge in [0.25, 0.3) is 5.91 Å². The molecule has 3 heterocycles. The van der Waals surface area contributed by atoms with Gasteiger partial charge in [-0.1, -0.05) is 0 Å². The highest BCUT2D eigenvalue weighted by atomic mass is 32.1. The molecular weight excluding hydrogens is 322 g/mol. The highest BCUT2D eigenvalue weighted by Gasteiger charge is 2.30. The molecule has 0 spiro atoms. The van der Waals surface area contributed by atoms with E-state index >= 15 is 0 Å². The molecule has 1 aliphatic carbocycles. The quantitative estimate of drug-likeness (QED) is 0.805. The van der Waals surface area contributed by atoms with Crippen LogP contribution in [0.25, 0.3) is 0 Å². The van der Waals surface area contributed by atoms with Crippen molar-refractivity contribution in [1.29, 1.82) is 0 Å². The third-order valence-electron chi connectivity index (χ3n) is 5.18. The van der Waals surface area contributed by atoms with Crippen LogP contribution in [-0.4, -0.2) is 39.5 Å². The third-order valence-corrected chi connectivity index (χ3v) is 6.41. The van der Waals surface area contributed by atoms with Crippen LogP contribution < -0.4 is 0 Å². The van der Waals surface area contributed by atoms with Crippen molar-refractivity contribution in [3.05, 3.63) is 39.3 Å². The fourth-order valence-electron chi connectivity index (χ4n) is 3.76. The van der Waals surface area contributed by atoms with Gasteiger partial charge in [0.05, 0.1) is 4.88 Å². The van der Waals surface area contributed by atoms with Crippen LogP contribution in [0.15, 0.2) is 18.3 Å². The van der Waals surface area contributed by atoms with Crippen molar-refractivity contribution in [2.45, 2.75) is 32.1 Å². The molecule has 126 valence electrons. The summed E-state index contributed by atoms with van der Waals surface area (Å²) in [7, 11) is 1.79. The first-order valence-electron chi connectivity index (χ1n) is 8.56. The Morgan fingerprint density at radius 1 is 1.25 bits per heavy atom. The number of carbonyl (C=O) groups excluding carboxylic acids is 2. The predicted molar refractivity (Wildman–Crippen MR) is 92.5 cm³/mol. The lowest BCUT2D eigenvalue weighted by Crippen LogP contribution is -2.40. The molecule has 0 unspecified atom stereocenters. The summed E-state index contributed by atoms with van der Waals surface area (Å²) in [6.07, 6.45) is 6.58. The normalized spacial score (nSPS) is 18.0. The van der Waals surface area contributed by atoms with Crippen molar-refractivity contribution in [1.82, 2.24) is 14.7 Å². The molecule has 1 amide bonds. The van der Waals surface area contributed by atoms with E-state index in [1.807, 2.05) is 4.90 Å². The smallest absolute Gasteiger partial charge is 0.263 e. The monoisotopic (exact) mass is 343 g/mol. The molecule has 1 fully saturated rings.